The number of aromatic nitrogens is 2. The van der Waals surface area contributed by atoms with Gasteiger partial charge in [0.15, 0.2) is 0 Å². The molecule has 0 spiro atoms. The number of benzene rings is 1. The largest absolute Gasteiger partial charge is 0.376 e. The zero-order chi connectivity index (χ0) is 20.3. The number of carbonyl (C=O) groups excluding carboxylic acids is 1. The molecule has 0 bridgehead atoms. The molecule has 0 radical (unpaired) electrons. The third-order valence-electron chi connectivity index (χ3n) is 5.13. The lowest BCUT2D eigenvalue weighted by atomic mass is 9.98. The van der Waals surface area contributed by atoms with E-state index in [0.717, 1.165) is 48.5 Å². The molecule has 28 heavy (non-hydrogen) atoms. The van der Waals surface area contributed by atoms with E-state index < -0.39 is 0 Å². The van der Waals surface area contributed by atoms with Crippen LogP contribution < -0.4 is 5.32 Å². The maximum atomic E-state index is 13.2. The van der Waals surface area contributed by atoms with Crippen LogP contribution in [0.25, 0.3) is 5.69 Å². The molecule has 1 saturated heterocycles. The Hall–Kier alpha value is -2.14. The van der Waals surface area contributed by atoms with Crippen molar-refractivity contribution in [3.63, 3.8) is 0 Å². The van der Waals surface area contributed by atoms with Crippen molar-refractivity contribution in [3.05, 3.63) is 46.8 Å². The van der Waals surface area contributed by atoms with E-state index in [1.54, 1.807) is 0 Å². The zero-order valence-electron chi connectivity index (χ0n) is 17.8. The molecule has 152 valence electrons. The number of amides is 1. The van der Waals surface area contributed by atoms with Crippen LogP contribution in [0.15, 0.2) is 24.3 Å². The average Bonchev–Trinajstić information content (AvgIpc) is 3.27. The van der Waals surface area contributed by atoms with Crippen molar-refractivity contribution in [1.82, 2.24) is 15.1 Å². The van der Waals surface area contributed by atoms with Gasteiger partial charge in [-0.25, -0.2) is 4.68 Å². The van der Waals surface area contributed by atoms with E-state index in [1.165, 1.54) is 5.56 Å². The monoisotopic (exact) mass is 383 g/mol. The summed E-state index contributed by atoms with van der Waals surface area (Å²) in [5.74, 6) is 0.566. The van der Waals surface area contributed by atoms with Gasteiger partial charge in [0, 0.05) is 13.2 Å². The van der Waals surface area contributed by atoms with Gasteiger partial charge in [0.1, 0.15) is 0 Å². The SMILES string of the molecule is Cc1cccc(-n2nc(CC(C)C)c(C(=O)NCC3CCCO3)c2C(C)C)c1. The van der Waals surface area contributed by atoms with Crippen LogP contribution in [-0.4, -0.2) is 34.9 Å². The second kappa shape index (κ2) is 8.91. The number of carbonyl (C=O) groups is 1. The van der Waals surface area contributed by atoms with Gasteiger partial charge in [0.2, 0.25) is 0 Å². The highest BCUT2D eigenvalue weighted by Gasteiger charge is 2.27. The van der Waals surface area contributed by atoms with Gasteiger partial charge in [-0.1, -0.05) is 39.8 Å². The molecule has 1 atom stereocenters. The molecule has 1 aromatic heterocycles. The van der Waals surface area contributed by atoms with Gasteiger partial charge in [-0.15, -0.1) is 0 Å². The number of rotatable bonds is 7. The minimum atomic E-state index is -0.0336. The van der Waals surface area contributed by atoms with Crippen LogP contribution in [0.1, 0.15) is 73.8 Å². The molecule has 1 aliphatic rings. The van der Waals surface area contributed by atoms with Crippen LogP contribution in [-0.2, 0) is 11.2 Å². The Morgan fingerprint density at radius 2 is 2.11 bits per heavy atom. The van der Waals surface area contributed by atoms with E-state index in [0.29, 0.717) is 12.5 Å². The number of ether oxygens (including phenoxy) is 1. The van der Waals surface area contributed by atoms with E-state index in [9.17, 15) is 4.79 Å². The lowest BCUT2D eigenvalue weighted by Crippen LogP contribution is -2.33. The normalized spacial score (nSPS) is 16.9. The minimum absolute atomic E-state index is 0.0336. The standard InChI is InChI=1S/C23H33N3O2/c1-15(2)12-20-21(23(27)24-14-19-10-7-11-28-19)22(16(3)4)26(25-20)18-9-6-8-17(5)13-18/h6,8-9,13,15-16,19H,7,10-12,14H2,1-5H3,(H,24,27). The fourth-order valence-electron chi connectivity index (χ4n) is 3.85. The van der Waals surface area contributed by atoms with Gasteiger partial charge in [-0.2, -0.15) is 5.10 Å². The maximum Gasteiger partial charge on any atom is 0.255 e. The second-order valence-corrected chi connectivity index (χ2v) is 8.56. The number of hydrogen-bond donors (Lipinski definition) is 1. The third kappa shape index (κ3) is 4.64. The highest BCUT2D eigenvalue weighted by Crippen LogP contribution is 2.28. The minimum Gasteiger partial charge on any atom is -0.376 e. The Balaban J connectivity index is 2.00. The van der Waals surface area contributed by atoms with Gasteiger partial charge >= 0.3 is 0 Å². The first kappa shape index (κ1) is 20.6. The van der Waals surface area contributed by atoms with Crippen LogP contribution in [0, 0.1) is 12.8 Å². The average molecular weight is 384 g/mol. The van der Waals surface area contributed by atoms with Crippen molar-refractivity contribution >= 4 is 5.91 Å². The van der Waals surface area contributed by atoms with Gasteiger partial charge in [0.25, 0.3) is 5.91 Å². The van der Waals surface area contributed by atoms with Crippen LogP contribution in [0.4, 0.5) is 0 Å². The molecular formula is C23H33N3O2. The Kier molecular flexibility index (Phi) is 6.55. The molecule has 2 aromatic rings. The summed E-state index contributed by atoms with van der Waals surface area (Å²) >= 11 is 0. The van der Waals surface area contributed by atoms with E-state index in [1.807, 2.05) is 10.7 Å². The van der Waals surface area contributed by atoms with Crippen molar-refractivity contribution in [2.45, 2.75) is 65.9 Å². The summed E-state index contributed by atoms with van der Waals surface area (Å²) in [6, 6.07) is 8.28. The van der Waals surface area contributed by atoms with Crippen molar-refractivity contribution in [2.24, 2.45) is 5.92 Å². The molecule has 5 nitrogen and oxygen atoms in total. The Labute approximate surface area is 168 Å². The molecular weight excluding hydrogens is 350 g/mol. The predicted octanol–water partition coefficient (Wildman–Crippen LogP) is 4.41. The smallest absolute Gasteiger partial charge is 0.255 e. The van der Waals surface area contributed by atoms with Gasteiger partial charge in [-0.3, -0.25) is 4.79 Å². The molecule has 3 rings (SSSR count). The molecule has 1 N–H and O–H groups in total. The molecule has 1 fully saturated rings. The lowest BCUT2D eigenvalue weighted by molar-refractivity contribution is 0.0855. The quantitative estimate of drug-likeness (QED) is 0.770. The number of hydrogen-bond acceptors (Lipinski definition) is 3. The molecule has 1 unspecified atom stereocenters. The van der Waals surface area contributed by atoms with Crippen molar-refractivity contribution in [2.75, 3.05) is 13.2 Å². The van der Waals surface area contributed by atoms with Crippen LogP contribution >= 0.6 is 0 Å². The third-order valence-corrected chi connectivity index (χ3v) is 5.13. The maximum absolute atomic E-state index is 13.2. The van der Waals surface area contributed by atoms with Crippen molar-refractivity contribution in [1.29, 1.82) is 0 Å². The summed E-state index contributed by atoms with van der Waals surface area (Å²) in [5.41, 5.74) is 4.78. The number of aryl methyl sites for hydroxylation is 1. The fraction of sp³-hybridized carbons (Fsp3) is 0.565. The molecule has 0 aliphatic carbocycles. The van der Waals surface area contributed by atoms with Crippen molar-refractivity contribution in [3.8, 4) is 5.69 Å². The Morgan fingerprint density at radius 3 is 2.71 bits per heavy atom. The number of nitrogens with one attached hydrogen (secondary N) is 1. The van der Waals surface area contributed by atoms with Crippen molar-refractivity contribution < 1.29 is 9.53 Å². The highest BCUT2D eigenvalue weighted by molar-refractivity contribution is 5.97. The van der Waals surface area contributed by atoms with Crippen LogP contribution in [0.3, 0.4) is 0 Å². The van der Waals surface area contributed by atoms with E-state index in [2.05, 4.69) is 58.1 Å². The van der Waals surface area contributed by atoms with Gasteiger partial charge in [0.05, 0.1) is 28.7 Å². The second-order valence-electron chi connectivity index (χ2n) is 8.56. The summed E-state index contributed by atoms with van der Waals surface area (Å²) in [5, 5.41) is 8.02. The van der Waals surface area contributed by atoms with E-state index >= 15 is 0 Å². The van der Waals surface area contributed by atoms with Crippen LogP contribution in [0.5, 0.6) is 0 Å². The molecule has 0 saturated carbocycles. The molecule has 2 heterocycles. The molecule has 1 aliphatic heterocycles. The molecule has 1 amide bonds. The molecule has 5 heteroatoms. The summed E-state index contributed by atoms with van der Waals surface area (Å²) < 4.78 is 7.63. The first-order valence-electron chi connectivity index (χ1n) is 10.5. The Morgan fingerprint density at radius 1 is 1.32 bits per heavy atom. The Bertz CT molecular complexity index is 817. The van der Waals surface area contributed by atoms with Crippen LogP contribution in [0.2, 0.25) is 0 Å². The zero-order valence-corrected chi connectivity index (χ0v) is 17.8. The van der Waals surface area contributed by atoms with E-state index in [-0.39, 0.29) is 17.9 Å². The predicted molar refractivity (Wildman–Crippen MR) is 112 cm³/mol. The van der Waals surface area contributed by atoms with E-state index in [4.69, 9.17) is 9.84 Å². The molecule has 1 aromatic carbocycles. The summed E-state index contributed by atoms with van der Waals surface area (Å²) in [7, 11) is 0. The lowest BCUT2D eigenvalue weighted by Gasteiger charge is -2.15. The number of nitrogens with zero attached hydrogens (tertiary/aromatic N) is 2. The first-order chi connectivity index (χ1) is 13.4. The summed E-state index contributed by atoms with van der Waals surface area (Å²) in [6.07, 6.45) is 2.99. The topological polar surface area (TPSA) is 56.2 Å². The van der Waals surface area contributed by atoms with Gasteiger partial charge in [-0.05, 0) is 55.7 Å². The first-order valence-corrected chi connectivity index (χ1v) is 10.5. The highest BCUT2D eigenvalue weighted by atomic mass is 16.5. The summed E-state index contributed by atoms with van der Waals surface area (Å²) in [4.78, 5) is 13.2. The van der Waals surface area contributed by atoms with Gasteiger partial charge < -0.3 is 10.1 Å². The fourth-order valence-corrected chi connectivity index (χ4v) is 3.85. The summed E-state index contributed by atoms with van der Waals surface area (Å²) in [6.45, 7) is 12.0.